The molecule has 6 nitrogen and oxygen atoms in total. The van der Waals surface area contributed by atoms with Gasteiger partial charge in [0.05, 0.1) is 0 Å². The van der Waals surface area contributed by atoms with E-state index in [-0.39, 0.29) is 17.9 Å². The molecule has 0 heterocycles. The van der Waals surface area contributed by atoms with Gasteiger partial charge in [0.15, 0.2) is 0 Å². The van der Waals surface area contributed by atoms with E-state index in [1.807, 2.05) is 0 Å². The second kappa shape index (κ2) is 5.02. The zero-order chi connectivity index (χ0) is 10.4. The smallest absolute Gasteiger partial charge is 0.449 e. The van der Waals surface area contributed by atoms with Crippen molar-refractivity contribution in [3.8, 4) is 0 Å². The third kappa shape index (κ3) is 4.67. The summed E-state index contributed by atoms with van der Waals surface area (Å²) >= 11 is 0. The molecule has 0 aromatic carbocycles. The molecule has 0 aliphatic heterocycles. The number of allylic oxidation sites excluding steroid dienone is 2. The summed E-state index contributed by atoms with van der Waals surface area (Å²) in [6, 6.07) is 0. The topological polar surface area (TPSA) is 93.1 Å². The average Bonchev–Trinajstić information content (AvgIpc) is 1.98. The van der Waals surface area contributed by atoms with Crippen LogP contribution < -0.4 is 0 Å². The maximum Gasteiger partial charge on any atom is 0.511 e. The minimum atomic E-state index is -1.50. The molecular weight excluding hydrogens is 180 g/mol. The Morgan fingerprint density at radius 3 is 1.92 bits per heavy atom. The van der Waals surface area contributed by atoms with Crippen molar-refractivity contribution in [3.05, 3.63) is 11.5 Å². The molecule has 6 heteroatoms. The van der Waals surface area contributed by atoms with Gasteiger partial charge in [-0.05, 0) is 6.92 Å². The standard InChI is InChI=1S/C7H10O6/c1-3-5(13-7(10)11)4(2)12-6(8)9/h3H2,1-2H3,(H,8,9)(H,10,11)/b5-4+. The van der Waals surface area contributed by atoms with E-state index in [0.717, 1.165) is 0 Å². The van der Waals surface area contributed by atoms with E-state index in [1.165, 1.54) is 6.92 Å². The van der Waals surface area contributed by atoms with E-state index >= 15 is 0 Å². The van der Waals surface area contributed by atoms with Crippen LogP contribution in [-0.2, 0) is 9.47 Å². The highest BCUT2D eigenvalue weighted by molar-refractivity contribution is 5.60. The van der Waals surface area contributed by atoms with Gasteiger partial charge in [-0.3, -0.25) is 0 Å². The molecule has 0 amide bonds. The van der Waals surface area contributed by atoms with Crippen LogP contribution in [0.3, 0.4) is 0 Å². The first-order chi connectivity index (χ1) is 5.97. The highest BCUT2D eigenvalue weighted by atomic mass is 16.7. The quantitative estimate of drug-likeness (QED) is 0.522. The lowest BCUT2D eigenvalue weighted by Gasteiger charge is -2.06. The molecule has 13 heavy (non-hydrogen) atoms. The van der Waals surface area contributed by atoms with E-state index in [0.29, 0.717) is 0 Å². The van der Waals surface area contributed by atoms with Crippen LogP contribution in [0.1, 0.15) is 20.3 Å². The summed E-state index contributed by atoms with van der Waals surface area (Å²) in [5, 5.41) is 16.4. The van der Waals surface area contributed by atoms with E-state index < -0.39 is 12.3 Å². The van der Waals surface area contributed by atoms with Gasteiger partial charge in [0.2, 0.25) is 0 Å². The predicted molar refractivity (Wildman–Crippen MR) is 41.2 cm³/mol. The molecule has 0 unspecified atom stereocenters. The van der Waals surface area contributed by atoms with Crippen LogP contribution in [0.5, 0.6) is 0 Å². The fraction of sp³-hybridized carbons (Fsp3) is 0.429. The second-order valence-corrected chi connectivity index (χ2v) is 2.07. The SMILES string of the molecule is CC/C(OC(=O)O)=C(/C)OC(=O)O. The molecule has 0 radical (unpaired) electrons. The highest BCUT2D eigenvalue weighted by Crippen LogP contribution is 2.11. The Bertz CT molecular complexity index is 241. The Balaban J connectivity index is 4.48. The third-order valence-corrected chi connectivity index (χ3v) is 1.16. The molecule has 0 aliphatic rings. The summed E-state index contributed by atoms with van der Waals surface area (Å²) in [4.78, 5) is 20.2. The van der Waals surface area contributed by atoms with E-state index in [4.69, 9.17) is 10.2 Å². The molecule has 0 aromatic heterocycles. The van der Waals surface area contributed by atoms with Crippen LogP contribution in [0.4, 0.5) is 9.59 Å². The van der Waals surface area contributed by atoms with Crippen LogP contribution in [-0.4, -0.2) is 22.5 Å². The lowest BCUT2D eigenvalue weighted by atomic mass is 10.3. The van der Waals surface area contributed by atoms with Gasteiger partial charge in [-0.15, -0.1) is 0 Å². The van der Waals surface area contributed by atoms with Gasteiger partial charge in [0, 0.05) is 6.42 Å². The fourth-order valence-electron chi connectivity index (χ4n) is 0.686. The number of carbonyl (C=O) groups is 2. The maximum absolute atomic E-state index is 10.1. The van der Waals surface area contributed by atoms with Gasteiger partial charge in [0.25, 0.3) is 0 Å². The minimum Gasteiger partial charge on any atom is -0.449 e. The number of rotatable bonds is 3. The fourth-order valence-corrected chi connectivity index (χ4v) is 0.686. The van der Waals surface area contributed by atoms with Crippen molar-refractivity contribution in [2.75, 3.05) is 0 Å². The molecule has 0 spiro atoms. The van der Waals surface area contributed by atoms with Crippen LogP contribution in [0, 0.1) is 0 Å². The van der Waals surface area contributed by atoms with Crippen molar-refractivity contribution in [1.29, 1.82) is 0 Å². The minimum absolute atomic E-state index is 0.0186. The lowest BCUT2D eigenvalue weighted by molar-refractivity contribution is 0.0957. The Morgan fingerprint density at radius 1 is 1.15 bits per heavy atom. The number of hydrogen-bond acceptors (Lipinski definition) is 4. The summed E-state index contributed by atoms with van der Waals surface area (Å²) in [6.45, 7) is 2.93. The van der Waals surface area contributed by atoms with Gasteiger partial charge >= 0.3 is 12.3 Å². The maximum atomic E-state index is 10.1. The van der Waals surface area contributed by atoms with Crippen molar-refractivity contribution in [3.63, 3.8) is 0 Å². The van der Waals surface area contributed by atoms with Gasteiger partial charge < -0.3 is 19.7 Å². The highest BCUT2D eigenvalue weighted by Gasteiger charge is 2.10. The summed E-state index contributed by atoms with van der Waals surface area (Å²) in [7, 11) is 0. The van der Waals surface area contributed by atoms with Crippen molar-refractivity contribution >= 4 is 12.3 Å². The Hall–Kier alpha value is -1.72. The predicted octanol–water partition coefficient (Wildman–Crippen LogP) is 2.02. The monoisotopic (exact) mass is 190 g/mol. The molecule has 0 bridgehead atoms. The molecule has 0 aliphatic carbocycles. The molecule has 0 aromatic rings. The van der Waals surface area contributed by atoms with Crippen LogP contribution in [0.2, 0.25) is 0 Å². The first-order valence-electron chi connectivity index (χ1n) is 3.48. The largest absolute Gasteiger partial charge is 0.511 e. The van der Waals surface area contributed by atoms with Crippen LogP contribution >= 0.6 is 0 Å². The Labute approximate surface area is 74.4 Å². The first-order valence-corrected chi connectivity index (χ1v) is 3.48. The molecule has 0 fully saturated rings. The Morgan fingerprint density at radius 2 is 1.62 bits per heavy atom. The molecule has 0 atom stereocenters. The molecule has 0 rings (SSSR count). The van der Waals surface area contributed by atoms with Gasteiger partial charge in [0.1, 0.15) is 11.5 Å². The van der Waals surface area contributed by atoms with Crippen LogP contribution in [0.15, 0.2) is 11.5 Å². The zero-order valence-corrected chi connectivity index (χ0v) is 7.23. The summed E-state index contributed by atoms with van der Waals surface area (Å²) in [5.41, 5.74) is 0. The van der Waals surface area contributed by atoms with Gasteiger partial charge in [-0.25, -0.2) is 9.59 Å². The summed E-state index contributed by atoms with van der Waals surface area (Å²) in [5.74, 6) is -0.0905. The number of ether oxygens (including phenoxy) is 2. The molecular formula is C7H10O6. The molecule has 74 valence electrons. The van der Waals surface area contributed by atoms with Crippen molar-refractivity contribution in [2.24, 2.45) is 0 Å². The van der Waals surface area contributed by atoms with Crippen LogP contribution in [0.25, 0.3) is 0 Å². The lowest BCUT2D eigenvalue weighted by Crippen LogP contribution is -2.06. The first kappa shape index (κ1) is 11.3. The second-order valence-electron chi connectivity index (χ2n) is 2.07. The van der Waals surface area contributed by atoms with E-state index in [9.17, 15) is 9.59 Å². The summed E-state index contributed by atoms with van der Waals surface area (Å²) in [6.07, 6.45) is -2.76. The van der Waals surface area contributed by atoms with Crippen molar-refractivity contribution in [1.82, 2.24) is 0 Å². The number of carboxylic acid groups (broad SMARTS) is 2. The van der Waals surface area contributed by atoms with Gasteiger partial charge in [-0.2, -0.15) is 0 Å². The zero-order valence-electron chi connectivity index (χ0n) is 7.23. The Kier molecular flexibility index (Phi) is 4.36. The summed E-state index contributed by atoms with van der Waals surface area (Å²) < 4.78 is 8.48. The van der Waals surface area contributed by atoms with Crippen molar-refractivity contribution < 1.29 is 29.3 Å². The average molecular weight is 190 g/mol. The van der Waals surface area contributed by atoms with E-state index in [1.54, 1.807) is 6.92 Å². The van der Waals surface area contributed by atoms with Crippen molar-refractivity contribution in [2.45, 2.75) is 20.3 Å². The number of hydrogen-bond donors (Lipinski definition) is 2. The molecule has 0 saturated heterocycles. The van der Waals surface area contributed by atoms with E-state index in [2.05, 4.69) is 9.47 Å². The molecule has 2 N–H and O–H groups in total. The van der Waals surface area contributed by atoms with Gasteiger partial charge in [-0.1, -0.05) is 6.92 Å². The normalized spacial score (nSPS) is 11.5. The third-order valence-electron chi connectivity index (χ3n) is 1.16. The molecule has 0 saturated carbocycles.